The summed E-state index contributed by atoms with van der Waals surface area (Å²) in [5.41, 5.74) is 0. The fraction of sp³-hybridized carbons (Fsp3) is 0.273. The van der Waals surface area contributed by atoms with Gasteiger partial charge in [-0.15, -0.1) is 0 Å². The summed E-state index contributed by atoms with van der Waals surface area (Å²) in [5.74, 6) is -0.455. The summed E-state index contributed by atoms with van der Waals surface area (Å²) >= 11 is 0. The fourth-order valence-corrected chi connectivity index (χ4v) is 1.32. The maximum atomic E-state index is 11.3. The van der Waals surface area contributed by atoms with E-state index in [1.807, 2.05) is 24.3 Å². The highest BCUT2D eigenvalue weighted by atomic mass is 16.6. The zero-order chi connectivity index (χ0) is 10.7. The molecule has 0 bridgehead atoms. The van der Waals surface area contributed by atoms with Gasteiger partial charge in [0.1, 0.15) is 0 Å². The molecule has 15 heavy (non-hydrogen) atoms. The lowest BCUT2D eigenvalue weighted by atomic mass is 10.3. The molecule has 0 radical (unpaired) electrons. The molecular formula is C11H11NO3. The molecule has 0 spiro atoms. The maximum absolute atomic E-state index is 11.3. The van der Waals surface area contributed by atoms with Crippen LogP contribution in [0, 0.1) is 0 Å². The number of nitrogens with zero attached hydrogens (tertiary/aromatic N) is 1. The first-order chi connectivity index (χ1) is 7.31. The van der Waals surface area contributed by atoms with Crippen LogP contribution in [0.1, 0.15) is 6.92 Å². The quantitative estimate of drug-likeness (QED) is 0.637. The number of carbonyl (C=O) groups is 1. The van der Waals surface area contributed by atoms with E-state index in [0.29, 0.717) is 6.61 Å². The van der Waals surface area contributed by atoms with E-state index in [9.17, 15) is 4.79 Å². The zero-order valence-electron chi connectivity index (χ0n) is 8.34. The van der Waals surface area contributed by atoms with Gasteiger partial charge in [-0.1, -0.05) is 12.1 Å². The van der Waals surface area contributed by atoms with Crippen molar-refractivity contribution in [3.8, 4) is 0 Å². The highest BCUT2D eigenvalue weighted by Crippen LogP contribution is 1.99. The molecule has 1 aliphatic rings. The highest BCUT2D eigenvalue weighted by Gasteiger charge is 2.20. The van der Waals surface area contributed by atoms with Crippen LogP contribution in [0.4, 0.5) is 0 Å². The predicted molar refractivity (Wildman–Crippen MR) is 53.2 cm³/mol. The highest BCUT2D eigenvalue weighted by molar-refractivity contribution is 5.74. The van der Waals surface area contributed by atoms with Crippen LogP contribution in [-0.4, -0.2) is 18.8 Å². The van der Waals surface area contributed by atoms with Crippen LogP contribution in [0.3, 0.4) is 0 Å². The number of para-hydroxylation sites is 1. The van der Waals surface area contributed by atoms with Crippen LogP contribution in [0.25, 0.3) is 6.26 Å². The van der Waals surface area contributed by atoms with Crippen molar-refractivity contribution in [2.45, 2.75) is 13.2 Å². The van der Waals surface area contributed by atoms with E-state index < -0.39 is 12.2 Å². The van der Waals surface area contributed by atoms with Crippen molar-refractivity contribution >= 4 is 12.2 Å². The van der Waals surface area contributed by atoms with Gasteiger partial charge in [0.2, 0.25) is 0 Å². The van der Waals surface area contributed by atoms with Gasteiger partial charge in [-0.25, -0.2) is 9.79 Å². The summed E-state index contributed by atoms with van der Waals surface area (Å²) in [5, 5.41) is 1.62. The molecule has 78 valence electrons. The second-order valence-electron chi connectivity index (χ2n) is 3.05. The molecule has 4 nitrogen and oxygen atoms in total. The van der Waals surface area contributed by atoms with E-state index >= 15 is 0 Å². The third-order valence-corrected chi connectivity index (χ3v) is 2.01. The van der Waals surface area contributed by atoms with Crippen LogP contribution < -0.4 is 10.6 Å². The number of benzene rings is 1. The van der Waals surface area contributed by atoms with Gasteiger partial charge >= 0.3 is 5.97 Å². The molecule has 1 aromatic rings. The normalized spacial score (nSPS) is 17.8. The lowest BCUT2D eigenvalue weighted by Gasteiger charge is -2.13. The molecule has 4 heteroatoms. The van der Waals surface area contributed by atoms with E-state index in [-0.39, 0.29) is 0 Å². The molecule has 1 atom stereocenters. The Morgan fingerprint density at radius 3 is 3.13 bits per heavy atom. The molecule has 0 saturated heterocycles. The average Bonchev–Trinajstić information content (AvgIpc) is 2.29. The molecule has 0 saturated carbocycles. The van der Waals surface area contributed by atoms with E-state index in [0.717, 1.165) is 10.6 Å². The van der Waals surface area contributed by atoms with Gasteiger partial charge in [-0.05, 0) is 19.1 Å². The smallest absolute Gasteiger partial charge is 0.371 e. The van der Waals surface area contributed by atoms with E-state index in [2.05, 4.69) is 4.99 Å². The number of ether oxygens (including phenoxy) is 2. The van der Waals surface area contributed by atoms with Crippen molar-refractivity contribution in [2.75, 3.05) is 6.61 Å². The lowest BCUT2D eigenvalue weighted by molar-refractivity contribution is -0.152. The molecular weight excluding hydrogens is 194 g/mol. The predicted octanol–water partition coefficient (Wildman–Crippen LogP) is -0.0364. The summed E-state index contributed by atoms with van der Waals surface area (Å²) in [4.78, 5) is 15.5. The van der Waals surface area contributed by atoms with Crippen LogP contribution in [-0.2, 0) is 14.3 Å². The van der Waals surface area contributed by atoms with Gasteiger partial charge in [-0.2, -0.15) is 0 Å². The number of carbonyl (C=O) groups excluding carboxylic acids is 1. The lowest BCUT2D eigenvalue weighted by Crippen LogP contribution is -2.36. The van der Waals surface area contributed by atoms with Gasteiger partial charge in [0.15, 0.2) is 0 Å². The van der Waals surface area contributed by atoms with Gasteiger partial charge < -0.3 is 9.47 Å². The first kappa shape index (κ1) is 9.71. The SMILES string of the molecule is CCOC(=O)C1N=c2ccccc2=CO1. The Bertz CT molecular complexity index is 481. The van der Waals surface area contributed by atoms with Crippen molar-refractivity contribution in [1.82, 2.24) is 0 Å². The van der Waals surface area contributed by atoms with Crippen LogP contribution in [0.2, 0.25) is 0 Å². The minimum Gasteiger partial charge on any atom is -0.464 e. The van der Waals surface area contributed by atoms with Crippen molar-refractivity contribution < 1.29 is 14.3 Å². The molecule has 0 aromatic heterocycles. The van der Waals surface area contributed by atoms with Gasteiger partial charge in [0.05, 0.1) is 18.2 Å². The summed E-state index contributed by atoms with van der Waals surface area (Å²) in [7, 11) is 0. The minimum atomic E-state index is -0.861. The van der Waals surface area contributed by atoms with E-state index in [1.165, 1.54) is 6.26 Å². The molecule has 0 N–H and O–H groups in total. The van der Waals surface area contributed by atoms with Crippen molar-refractivity contribution in [1.29, 1.82) is 0 Å². The number of esters is 1. The molecule has 1 aliphatic heterocycles. The zero-order valence-corrected chi connectivity index (χ0v) is 8.34. The molecule has 1 unspecified atom stereocenters. The Labute approximate surface area is 86.8 Å². The fourth-order valence-electron chi connectivity index (χ4n) is 1.32. The first-order valence-corrected chi connectivity index (χ1v) is 4.76. The molecule has 0 fully saturated rings. The third kappa shape index (κ3) is 1.98. The monoisotopic (exact) mass is 205 g/mol. The topological polar surface area (TPSA) is 47.9 Å². The Hall–Kier alpha value is -1.84. The second kappa shape index (κ2) is 4.13. The Morgan fingerprint density at radius 2 is 2.33 bits per heavy atom. The summed E-state index contributed by atoms with van der Waals surface area (Å²) in [6.45, 7) is 2.08. The van der Waals surface area contributed by atoms with Crippen LogP contribution >= 0.6 is 0 Å². The summed E-state index contributed by atoms with van der Waals surface area (Å²) in [6, 6.07) is 7.46. The molecule has 0 amide bonds. The number of hydrogen-bond acceptors (Lipinski definition) is 4. The maximum Gasteiger partial charge on any atom is 0.371 e. The van der Waals surface area contributed by atoms with E-state index in [4.69, 9.17) is 9.47 Å². The first-order valence-electron chi connectivity index (χ1n) is 4.76. The second-order valence-corrected chi connectivity index (χ2v) is 3.05. The average molecular weight is 205 g/mol. The molecule has 0 aliphatic carbocycles. The van der Waals surface area contributed by atoms with Crippen LogP contribution in [0.5, 0.6) is 0 Å². The van der Waals surface area contributed by atoms with Crippen molar-refractivity contribution in [3.63, 3.8) is 0 Å². The van der Waals surface area contributed by atoms with Gasteiger partial charge in [-0.3, -0.25) is 0 Å². The van der Waals surface area contributed by atoms with Gasteiger partial charge in [0, 0.05) is 5.22 Å². The van der Waals surface area contributed by atoms with Crippen molar-refractivity contribution in [2.24, 2.45) is 4.99 Å². The Morgan fingerprint density at radius 1 is 1.53 bits per heavy atom. The molecule has 1 heterocycles. The van der Waals surface area contributed by atoms with E-state index in [1.54, 1.807) is 6.92 Å². The Kier molecular flexibility index (Phi) is 2.67. The molecule has 2 rings (SSSR count). The summed E-state index contributed by atoms with van der Waals surface area (Å²) in [6.07, 6.45) is 0.670. The summed E-state index contributed by atoms with van der Waals surface area (Å²) < 4.78 is 9.97. The van der Waals surface area contributed by atoms with Crippen LogP contribution in [0.15, 0.2) is 29.3 Å². The molecule has 1 aromatic carbocycles. The number of hydrogen-bond donors (Lipinski definition) is 0. The third-order valence-electron chi connectivity index (χ3n) is 2.01. The minimum absolute atomic E-state index is 0.329. The van der Waals surface area contributed by atoms with Crippen molar-refractivity contribution in [3.05, 3.63) is 34.8 Å². The van der Waals surface area contributed by atoms with Gasteiger partial charge in [0.25, 0.3) is 6.23 Å². The number of fused-ring (bicyclic) bond motifs is 1. The largest absolute Gasteiger partial charge is 0.464 e. The standard InChI is InChI=1S/C11H11NO3/c1-2-14-11(13)10-12-9-6-4-3-5-8(9)7-15-10/h3-7,10H,2H2,1H3. The number of rotatable bonds is 2. The Balaban J connectivity index is 2.30.